The summed E-state index contributed by atoms with van der Waals surface area (Å²) in [5.74, 6) is 1.97. The van der Waals surface area contributed by atoms with Crippen LogP contribution in [0, 0.1) is 23.2 Å². The Morgan fingerprint density at radius 1 is 1.21 bits per heavy atom. The molecule has 0 aromatic heterocycles. The average molecular weight is 198 g/mol. The molecule has 2 bridgehead atoms. The molecule has 14 heavy (non-hydrogen) atoms. The highest BCUT2D eigenvalue weighted by Crippen LogP contribution is 2.60. The van der Waals surface area contributed by atoms with Gasteiger partial charge in [0.15, 0.2) is 0 Å². The van der Waals surface area contributed by atoms with E-state index in [0.29, 0.717) is 11.8 Å². The maximum Gasteiger partial charge on any atom is 0.0514 e. The summed E-state index contributed by atoms with van der Waals surface area (Å²) in [6.45, 7) is 2.58. The maximum atomic E-state index is 9.58. The van der Waals surface area contributed by atoms with Crippen molar-refractivity contribution >= 4 is 0 Å². The van der Waals surface area contributed by atoms with E-state index in [0.717, 1.165) is 5.92 Å². The van der Waals surface area contributed by atoms with Crippen LogP contribution < -0.4 is 0 Å². The van der Waals surface area contributed by atoms with Crippen LogP contribution in [0.2, 0.25) is 0 Å². The first kappa shape index (κ1) is 10.4. The van der Waals surface area contributed by atoms with Crippen LogP contribution in [0.3, 0.4) is 0 Å². The molecule has 0 aromatic carbocycles. The van der Waals surface area contributed by atoms with E-state index in [-0.39, 0.29) is 18.6 Å². The lowest BCUT2D eigenvalue weighted by atomic mass is 9.65. The van der Waals surface area contributed by atoms with Crippen LogP contribution in [0.5, 0.6) is 0 Å². The largest absolute Gasteiger partial charge is 0.396 e. The van der Waals surface area contributed by atoms with E-state index in [1.165, 1.54) is 32.1 Å². The number of fused-ring (bicyclic) bond motifs is 2. The second-order valence-corrected chi connectivity index (χ2v) is 5.21. The fourth-order valence-corrected chi connectivity index (χ4v) is 4.05. The second kappa shape index (κ2) is 3.82. The first-order chi connectivity index (χ1) is 6.78. The topological polar surface area (TPSA) is 40.5 Å². The fourth-order valence-electron chi connectivity index (χ4n) is 4.05. The lowest BCUT2D eigenvalue weighted by Crippen LogP contribution is -2.42. The van der Waals surface area contributed by atoms with Gasteiger partial charge in [0.25, 0.3) is 0 Å². The van der Waals surface area contributed by atoms with Gasteiger partial charge in [0.2, 0.25) is 0 Å². The molecular formula is C12H22O2. The van der Waals surface area contributed by atoms with Gasteiger partial charge in [-0.15, -0.1) is 0 Å². The molecule has 2 aliphatic carbocycles. The quantitative estimate of drug-likeness (QED) is 0.723. The number of rotatable bonds is 4. The van der Waals surface area contributed by atoms with E-state index in [9.17, 15) is 10.2 Å². The molecular weight excluding hydrogens is 176 g/mol. The molecule has 0 spiro atoms. The molecule has 0 saturated heterocycles. The van der Waals surface area contributed by atoms with Crippen LogP contribution in [0.4, 0.5) is 0 Å². The van der Waals surface area contributed by atoms with E-state index < -0.39 is 0 Å². The summed E-state index contributed by atoms with van der Waals surface area (Å²) < 4.78 is 0. The average Bonchev–Trinajstić information content (AvgIpc) is 2.78. The molecule has 0 amide bonds. The van der Waals surface area contributed by atoms with Gasteiger partial charge < -0.3 is 10.2 Å². The molecule has 0 radical (unpaired) electrons. The highest BCUT2D eigenvalue weighted by molar-refractivity contribution is 5.05. The Morgan fingerprint density at radius 2 is 1.93 bits per heavy atom. The number of aliphatic hydroxyl groups is 2. The molecule has 2 N–H and O–H groups in total. The minimum Gasteiger partial charge on any atom is -0.396 e. The van der Waals surface area contributed by atoms with Crippen molar-refractivity contribution in [2.45, 2.75) is 39.0 Å². The molecule has 0 heterocycles. The SMILES string of the molecule is CCCC1C2CCC(C2)C1(CO)CO. The molecule has 2 heteroatoms. The lowest BCUT2D eigenvalue weighted by molar-refractivity contribution is -0.0385. The third-order valence-corrected chi connectivity index (χ3v) is 4.78. The first-order valence-electron chi connectivity index (χ1n) is 6.00. The minimum atomic E-state index is -0.126. The summed E-state index contributed by atoms with van der Waals surface area (Å²) in [5, 5.41) is 19.2. The van der Waals surface area contributed by atoms with Gasteiger partial charge in [-0.3, -0.25) is 0 Å². The number of hydrogen-bond donors (Lipinski definition) is 2. The summed E-state index contributed by atoms with van der Waals surface area (Å²) >= 11 is 0. The monoisotopic (exact) mass is 198 g/mol. The zero-order chi connectivity index (χ0) is 10.2. The third-order valence-electron chi connectivity index (χ3n) is 4.78. The summed E-state index contributed by atoms with van der Waals surface area (Å²) in [6, 6.07) is 0. The minimum absolute atomic E-state index is 0.126. The lowest BCUT2D eigenvalue weighted by Gasteiger charge is -2.41. The van der Waals surface area contributed by atoms with Gasteiger partial charge in [-0.05, 0) is 43.4 Å². The molecule has 0 aliphatic heterocycles. The van der Waals surface area contributed by atoms with E-state index in [1.54, 1.807) is 0 Å². The molecule has 2 rings (SSSR count). The molecule has 0 aromatic rings. The Hall–Kier alpha value is -0.0800. The smallest absolute Gasteiger partial charge is 0.0514 e. The summed E-state index contributed by atoms with van der Waals surface area (Å²) in [6.07, 6.45) is 6.17. The van der Waals surface area contributed by atoms with Gasteiger partial charge in [-0.25, -0.2) is 0 Å². The molecule has 3 atom stereocenters. The van der Waals surface area contributed by atoms with E-state index in [1.807, 2.05) is 0 Å². The van der Waals surface area contributed by atoms with Crippen LogP contribution in [0.25, 0.3) is 0 Å². The zero-order valence-electron chi connectivity index (χ0n) is 9.08. The fraction of sp³-hybridized carbons (Fsp3) is 1.00. The standard InChI is InChI=1S/C12H22O2/c1-2-3-11-9-4-5-10(6-9)12(11,7-13)8-14/h9-11,13-14H,2-8H2,1H3. The predicted molar refractivity (Wildman–Crippen MR) is 55.8 cm³/mol. The van der Waals surface area contributed by atoms with E-state index >= 15 is 0 Å². The van der Waals surface area contributed by atoms with Gasteiger partial charge in [0.05, 0.1) is 13.2 Å². The van der Waals surface area contributed by atoms with Crippen LogP contribution >= 0.6 is 0 Å². The van der Waals surface area contributed by atoms with Crippen molar-refractivity contribution < 1.29 is 10.2 Å². The summed E-state index contributed by atoms with van der Waals surface area (Å²) in [4.78, 5) is 0. The van der Waals surface area contributed by atoms with Crippen molar-refractivity contribution in [1.82, 2.24) is 0 Å². The van der Waals surface area contributed by atoms with Crippen LogP contribution in [-0.2, 0) is 0 Å². The van der Waals surface area contributed by atoms with Crippen LogP contribution in [0.1, 0.15) is 39.0 Å². The Balaban J connectivity index is 2.19. The number of hydrogen-bond acceptors (Lipinski definition) is 2. The molecule has 3 unspecified atom stereocenters. The van der Waals surface area contributed by atoms with Crippen molar-refractivity contribution in [3.05, 3.63) is 0 Å². The third kappa shape index (κ3) is 1.24. The van der Waals surface area contributed by atoms with Gasteiger partial charge in [0.1, 0.15) is 0 Å². The van der Waals surface area contributed by atoms with Crippen LogP contribution in [-0.4, -0.2) is 23.4 Å². The number of aliphatic hydroxyl groups excluding tert-OH is 2. The zero-order valence-corrected chi connectivity index (χ0v) is 9.08. The van der Waals surface area contributed by atoms with Gasteiger partial charge in [-0.2, -0.15) is 0 Å². The Labute approximate surface area is 86.3 Å². The highest BCUT2D eigenvalue weighted by atomic mass is 16.3. The van der Waals surface area contributed by atoms with Crippen molar-refractivity contribution in [3.8, 4) is 0 Å². The summed E-state index contributed by atoms with van der Waals surface area (Å²) in [7, 11) is 0. The van der Waals surface area contributed by atoms with Crippen molar-refractivity contribution in [1.29, 1.82) is 0 Å². The van der Waals surface area contributed by atoms with Crippen LogP contribution in [0.15, 0.2) is 0 Å². The van der Waals surface area contributed by atoms with E-state index in [2.05, 4.69) is 6.92 Å². The maximum absolute atomic E-state index is 9.58. The van der Waals surface area contributed by atoms with Crippen molar-refractivity contribution in [2.75, 3.05) is 13.2 Å². The normalized spacial score (nSPS) is 39.2. The molecule has 82 valence electrons. The van der Waals surface area contributed by atoms with Crippen molar-refractivity contribution in [3.63, 3.8) is 0 Å². The predicted octanol–water partition coefficient (Wildman–Crippen LogP) is 1.80. The molecule has 2 aliphatic rings. The van der Waals surface area contributed by atoms with E-state index in [4.69, 9.17) is 0 Å². The molecule has 2 fully saturated rings. The Morgan fingerprint density at radius 3 is 2.50 bits per heavy atom. The Bertz CT molecular complexity index is 198. The highest BCUT2D eigenvalue weighted by Gasteiger charge is 2.56. The molecule has 2 saturated carbocycles. The molecule has 2 nitrogen and oxygen atoms in total. The van der Waals surface area contributed by atoms with Gasteiger partial charge >= 0.3 is 0 Å². The summed E-state index contributed by atoms with van der Waals surface area (Å²) in [5.41, 5.74) is -0.126. The van der Waals surface area contributed by atoms with Gasteiger partial charge in [0, 0.05) is 5.41 Å². The Kier molecular flexibility index (Phi) is 2.85. The van der Waals surface area contributed by atoms with Gasteiger partial charge in [-0.1, -0.05) is 13.3 Å². The first-order valence-corrected chi connectivity index (χ1v) is 6.00. The second-order valence-electron chi connectivity index (χ2n) is 5.21. The van der Waals surface area contributed by atoms with Crippen molar-refractivity contribution in [2.24, 2.45) is 23.2 Å².